The fourth-order valence-electron chi connectivity index (χ4n) is 4.18. The predicted molar refractivity (Wildman–Crippen MR) is 150 cm³/mol. The van der Waals surface area contributed by atoms with Crippen molar-refractivity contribution >= 4 is 26.0 Å². The summed E-state index contributed by atoms with van der Waals surface area (Å²) >= 11 is 0. The zero-order valence-electron chi connectivity index (χ0n) is 22.6. The van der Waals surface area contributed by atoms with Crippen LogP contribution in [0.5, 0.6) is 11.5 Å². The topological polar surface area (TPSA) is 133 Å². The van der Waals surface area contributed by atoms with Gasteiger partial charge in [0.2, 0.25) is 16.0 Å². The van der Waals surface area contributed by atoms with Crippen molar-refractivity contribution in [3.63, 3.8) is 0 Å². The Labute approximate surface area is 225 Å². The summed E-state index contributed by atoms with van der Waals surface area (Å²) < 4.78 is 42.7. The molecule has 1 aliphatic heterocycles. The Bertz CT molecular complexity index is 1360. The van der Waals surface area contributed by atoms with E-state index in [-0.39, 0.29) is 25.7 Å². The Morgan fingerprint density at radius 1 is 1.16 bits per heavy atom. The first-order valence-corrected chi connectivity index (χ1v) is 16.8. The van der Waals surface area contributed by atoms with Crippen LogP contribution in [0, 0.1) is 0 Å². The van der Waals surface area contributed by atoms with E-state index in [1.165, 1.54) is 23.8 Å². The van der Waals surface area contributed by atoms with Crippen LogP contribution in [0.1, 0.15) is 31.6 Å². The van der Waals surface area contributed by atoms with Crippen LogP contribution >= 0.6 is 10.0 Å². The number of hydrogen-bond donors (Lipinski definition) is 1. The van der Waals surface area contributed by atoms with Gasteiger partial charge in [-0.15, -0.1) is 10.2 Å². The number of methoxy groups -OCH3 is 1. The Morgan fingerprint density at radius 3 is 2.47 bits per heavy atom. The van der Waals surface area contributed by atoms with Crippen LogP contribution in [-0.2, 0) is 10.0 Å². The van der Waals surface area contributed by atoms with Gasteiger partial charge in [-0.05, 0) is 43.6 Å². The molecule has 0 amide bonds. The van der Waals surface area contributed by atoms with E-state index < -0.39 is 37.3 Å². The molecule has 0 radical (unpaired) electrons. The lowest BCUT2D eigenvalue weighted by atomic mass is 10.1. The first-order chi connectivity index (χ1) is 18.0. The summed E-state index contributed by atoms with van der Waals surface area (Å²) in [5, 5.41) is 18.2. The van der Waals surface area contributed by atoms with E-state index in [1.807, 2.05) is 24.3 Å². The summed E-state index contributed by atoms with van der Waals surface area (Å²) in [6.07, 6.45) is 9.47. The molecule has 3 aromatic rings. The number of ether oxygens (including phenoxy) is 2. The lowest BCUT2D eigenvalue weighted by Crippen LogP contribution is -2.44. The van der Waals surface area contributed by atoms with Gasteiger partial charge in [-0.1, -0.05) is 19.1 Å². The minimum atomic E-state index is -3.97. The van der Waals surface area contributed by atoms with E-state index in [0.717, 1.165) is 0 Å². The highest BCUT2D eigenvalue weighted by atomic mass is 32.3. The third-order valence-electron chi connectivity index (χ3n) is 6.71. The second-order valence-corrected chi connectivity index (χ2v) is 17.0. The van der Waals surface area contributed by atoms with Crippen LogP contribution in [0.15, 0.2) is 36.7 Å². The maximum absolute atomic E-state index is 14.3. The zero-order chi connectivity index (χ0) is 27.7. The summed E-state index contributed by atoms with van der Waals surface area (Å²) in [5.41, 5.74) is 0.689. The average molecular weight is 565 g/mol. The molecule has 0 saturated carbocycles. The highest BCUT2D eigenvalue weighted by Gasteiger charge is 2.39. The standard InChI is InChI=1S/C25H36N6O5S2/c1-17(23-26-13-20(35-3)14-27-23)18(2)38(33,34)30(11-12-37(4,5)6)25-29-28-24-21-9-7-8-10-22(21)36-16-19(15-32)31(24)25/h7-10,13-14,17-19,32H,11-12,15-16H2,1-6H3/t17-,18-,19+/m0/s1. The maximum Gasteiger partial charge on any atom is 0.241 e. The largest absolute Gasteiger partial charge is 0.494 e. The average Bonchev–Trinajstić information content (AvgIpc) is 3.24. The van der Waals surface area contributed by atoms with E-state index in [4.69, 9.17) is 9.47 Å². The maximum atomic E-state index is 14.3. The van der Waals surface area contributed by atoms with Crippen LogP contribution in [-0.4, -0.2) is 94.9 Å². The molecule has 0 unspecified atom stereocenters. The SMILES string of the molecule is COc1cnc([C@@H](C)[C@H](C)S(=O)(=O)N(CCS(C)(C)C)c2nnc3n2[C@H](CO)COc2ccccc2-3)nc1. The molecule has 1 N–H and O–H groups in total. The number of nitrogens with zero attached hydrogens (tertiary/aromatic N) is 6. The number of aromatic nitrogens is 5. The molecule has 3 heterocycles. The van der Waals surface area contributed by atoms with Crippen molar-refractivity contribution in [2.75, 3.05) is 55.7 Å². The Kier molecular flexibility index (Phi) is 8.19. The molecule has 4 rings (SSSR count). The van der Waals surface area contributed by atoms with Crippen LogP contribution < -0.4 is 13.8 Å². The van der Waals surface area contributed by atoms with Crippen LogP contribution in [0.2, 0.25) is 0 Å². The van der Waals surface area contributed by atoms with Crippen molar-refractivity contribution in [1.29, 1.82) is 0 Å². The first-order valence-electron chi connectivity index (χ1n) is 12.3. The van der Waals surface area contributed by atoms with Crippen molar-refractivity contribution in [2.24, 2.45) is 0 Å². The van der Waals surface area contributed by atoms with Gasteiger partial charge in [0.05, 0.1) is 43.0 Å². The molecule has 2 aromatic heterocycles. The van der Waals surface area contributed by atoms with E-state index in [2.05, 4.69) is 38.9 Å². The molecular formula is C25H36N6O5S2. The third kappa shape index (κ3) is 5.59. The van der Waals surface area contributed by atoms with Gasteiger partial charge >= 0.3 is 0 Å². The number of sulfonamides is 1. The molecule has 0 aliphatic carbocycles. The zero-order valence-corrected chi connectivity index (χ0v) is 24.2. The monoisotopic (exact) mass is 564 g/mol. The molecule has 0 saturated heterocycles. The molecule has 0 spiro atoms. The quantitative estimate of drug-likeness (QED) is 0.395. The van der Waals surface area contributed by atoms with Gasteiger partial charge in [0, 0.05) is 12.5 Å². The number of aliphatic hydroxyl groups is 1. The van der Waals surface area contributed by atoms with Crippen LogP contribution in [0.4, 0.5) is 5.95 Å². The number of aliphatic hydroxyl groups excluding tert-OH is 1. The number of anilines is 1. The van der Waals surface area contributed by atoms with Gasteiger partial charge in [-0.2, -0.15) is 0 Å². The normalized spacial score (nSPS) is 17.4. The predicted octanol–water partition coefficient (Wildman–Crippen LogP) is 2.69. The fourth-order valence-corrected chi connectivity index (χ4v) is 6.76. The summed E-state index contributed by atoms with van der Waals surface area (Å²) in [4.78, 5) is 8.65. The highest BCUT2D eigenvalue weighted by molar-refractivity contribution is 8.32. The molecule has 13 heteroatoms. The van der Waals surface area contributed by atoms with Gasteiger partial charge < -0.3 is 14.6 Å². The summed E-state index contributed by atoms with van der Waals surface area (Å²) in [6.45, 7) is 3.56. The smallest absolute Gasteiger partial charge is 0.241 e. The van der Waals surface area contributed by atoms with Crippen LogP contribution in [0.25, 0.3) is 11.4 Å². The fraction of sp³-hybridized carbons (Fsp3) is 0.520. The Morgan fingerprint density at radius 2 is 1.84 bits per heavy atom. The number of fused-ring (bicyclic) bond motifs is 3. The Balaban J connectivity index is 1.80. The molecule has 11 nitrogen and oxygen atoms in total. The minimum absolute atomic E-state index is 0.148. The molecule has 3 atom stereocenters. The number of rotatable bonds is 10. The summed E-state index contributed by atoms with van der Waals surface area (Å²) in [7, 11) is -3.50. The first kappa shape index (κ1) is 28.1. The second kappa shape index (κ2) is 11.1. The Hall–Kier alpha value is -2.90. The molecule has 0 fully saturated rings. The van der Waals surface area contributed by atoms with E-state index in [9.17, 15) is 13.5 Å². The number of benzene rings is 1. The van der Waals surface area contributed by atoms with E-state index in [0.29, 0.717) is 34.5 Å². The molecule has 208 valence electrons. The van der Waals surface area contributed by atoms with E-state index in [1.54, 1.807) is 18.4 Å². The molecule has 1 aromatic carbocycles. The molecular weight excluding hydrogens is 528 g/mol. The van der Waals surface area contributed by atoms with Gasteiger partial charge in [0.25, 0.3) is 0 Å². The minimum Gasteiger partial charge on any atom is -0.494 e. The van der Waals surface area contributed by atoms with Gasteiger partial charge in [-0.3, -0.25) is 4.57 Å². The van der Waals surface area contributed by atoms with Crippen molar-refractivity contribution < 1.29 is 23.0 Å². The summed E-state index contributed by atoms with van der Waals surface area (Å²) in [5.74, 6) is 2.27. The summed E-state index contributed by atoms with van der Waals surface area (Å²) in [6, 6.07) is 6.82. The lowest BCUT2D eigenvalue weighted by molar-refractivity contribution is 0.172. The van der Waals surface area contributed by atoms with Gasteiger partial charge in [-0.25, -0.2) is 32.7 Å². The molecule has 0 bridgehead atoms. The third-order valence-corrected chi connectivity index (χ3v) is 10.4. The van der Waals surface area contributed by atoms with Gasteiger partial charge in [0.15, 0.2) is 11.6 Å². The van der Waals surface area contributed by atoms with Crippen LogP contribution in [0.3, 0.4) is 0 Å². The number of hydrogen-bond acceptors (Lipinski definition) is 9. The van der Waals surface area contributed by atoms with Crippen molar-refractivity contribution in [3.8, 4) is 22.9 Å². The van der Waals surface area contributed by atoms with Crippen molar-refractivity contribution in [3.05, 3.63) is 42.5 Å². The number of para-hydroxylation sites is 1. The second-order valence-electron chi connectivity index (χ2n) is 10.2. The van der Waals surface area contributed by atoms with Gasteiger partial charge in [0.1, 0.15) is 18.2 Å². The lowest BCUT2D eigenvalue weighted by Gasteiger charge is -2.33. The molecule has 38 heavy (non-hydrogen) atoms. The molecule has 1 aliphatic rings. The highest BCUT2D eigenvalue weighted by Crippen LogP contribution is 2.39. The van der Waals surface area contributed by atoms with E-state index >= 15 is 0 Å². The van der Waals surface area contributed by atoms with Crippen molar-refractivity contribution in [1.82, 2.24) is 24.7 Å². The van der Waals surface area contributed by atoms with Crippen molar-refractivity contribution in [2.45, 2.75) is 31.1 Å².